The molecular weight excluding hydrogens is 224 g/mol. The van der Waals surface area contributed by atoms with Gasteiger partial charge in [-0.3, -0.25) is 0 Å². The molecule has 0 aliphatic rings. The Morgan fingerprint density at radius 1 is 1.22 bits per heavy atom. The maximum absolute atomic E-state index is 5.98. The van der Waals surface area contributed by atoms with Crippen LogP contribution in [0.2, 0.25) is 0 Å². The lowest BCUT2D eigenvalue weighted by molar-refractivity contribution is 0.340. The van der Waals surface area contributed by atoms with E-state index in [4.69, 9.17) is 10.5 Å². The Hall–Kier alpha value is -1.22. The summed E-state index contributed by atoms with van der Waals surface area (Å²) in [5.41, 5.74) is 7.12. The molecular formula is C15H26N2O. The van der Waals surface area contributed by atoms with Gasteiger partial charge in [0.05, 0.1) is 6.61 Å². The molecule has 0 aliphatic heterocycles. The highest BCUT2D eigenvalue weighted by Crippen LogP contribution is 2.19. The average Bonchev–Trinajstić information content (AvgIpc) is 2.28. The Morgan fingerprint density at radius 3 is 2.33 bits per heavy atom. The normalized spacial score (nSPS) is 11.4. The van der Waals surface area contributed by atoms with Gasteiger partial charge in [0.25, 0.3) is 0 Å². The van der Waals surface area contributed by atoms with Crippen LogP contribution in [0.1, 0.15) is 33.6 Å². The molecule has 2 N–H and O–H groups in total. The summed E-state index contributed by atoms with van der Waals surface area (Å²) < 4.78 is 5.43. The molecule has 0 fully saturated rings. The molecule has 102 valence electrons. The van der Waals surface area contributed by atoms with E-state index < -0.39 is 0 Å². The molecule has 0 unspecified atom stereocenters. The van der Waals surface area contributed by atoms with Gasteiger partial charge in [0.1, 0.15) is 5.75 Å². The predicted molar refractivity (Wildman–Crippen MR) is 78.4 cm³/mol. The van der Waals surface area contributed by atoms with E-state index >= 15 is 0 Å². The molecule has 0 saturated carbocycles. The second-order valence-electron chi connectivity index (χ2n) is 5.44. The van der Waals surface area contributed by atoms with E-state index in [0.717, 1.165) is 25.1 Å². The molecule has 0 radical (unpaired) electrons. The van der Waals surface area contributed by atoms with Crippen LogP contribution in [0.4, 0.5) is 5.69 Å². The maximum Gasteiger partial charge on any atom is 0.119 e. The zero-order valence-corrected chi connectivity index (χ0v) is 12.1. The zero-order valence-electron chi connectivity index (χ0n) is 12.1. The Morgan fingerprint density at radius 2 is 1.83 bits per heavy atom. The average molecular weight is 250 g/mol. The minimum Gasteiger partial charge on any atom is -0.494 e. The lowest BCUT2D eigenvalue weighted by Gasteiger charge is -2.23. The van der Waals surface area contributed by atoms with Crippen LogP contribution < -0.4 is 15.4 Å². The van der Waals surface area contributed by atoms with Crippen LogP contribution in [0.25, 0.3) is 0 Å². The fraction of sp³-hybridized carbons (Fsp3) is 0.600. The van der Waals surface area contributed by atoms with Gasteiger partial charge >= 0.3 is 0 Å². The summed E-state index contributed by atoms with van der Waals surface area (Å²) in [4.78, 5) is 2.25. The van der Waals surface area contributed by atoms with Crippen molar-refractivity contribution >= 4 is 5.69 Å². The van der Waals surface area contributed by atoms with Gasteiger partial charge in [-0.2, -0.15) is 0 Å². The standard InChI is InChI=1S/C15H26N2O/c1-5-18-14-9-7-13(8-10-14)17(4)12-6-11-15(2,3)16/h7-10H,5-6,11-12,16H2,1-4H3. The number of benzene rings is 1. The lowest BCUT2D eigenvalue weighted by Crippen LogP contribution is -2.33. The number of ether oxygens (including phenoxy) is 1. The molecule has 0 heterocycles. The topological polar surface area (TPSA) is 38.5 Å². The molecule has 18 heavy (non-hydrogen) atoms. The van der Waals surface area contributed by atoms with Crippen molar-refractivity contribution in [2.24, 2.45) is 5.73 Å². The molecule has 1 aromatic carbocycles. The first-order valence-electron chi connectivity index (χ1n) is 6.65. The lowest BCUT2D eigenvalue weighted by atomic mass is 10.00. The first-order valence-corrected chi connectivity index (χ1v) is 6.65. The SMILES string of the molecule is CCOc1ccc(N(C)CCCC(C)(C)N)cc1. The molecule has 0 amide bonds. The molecule has 3 nitrogen and oxygen atoms in total. The van der Waals surface area contributed by atoms with E-state index in [1.54, 1.807) is 0 Å². The van der Waals surface area contributed by atoms with Gasteiger partial charge in [-0.05, 0) is 57.9 Å². The number of hydrogen-bond donors (Lipinski definition) is 1. The summed E-state index contributed by atoms with van der Waals surface area (Å²) >= 11 is 0. The Balaban J connectivity index is 2.43. The summed E-state index contributed by atoms with van der Waals surface area (Å²) in [5, 5.41) is 0. The van der Waals surface area contributed by atoms with Crippen LogP contribution in [-0.4, -0.2) is 25.7 Å². The third kappa shape index (κ3) is 5.41. The quantitative estimate of drug-likeness (QED) is 0.808. The summed E-state index contributed by atoms with van der Waals surface area (Å²) in [6.45, 7) is 7.87. The molecule has 0 atom stereocenters. The molecule has 3 heteroatoms. The number of rotatable bonds is 7. The Labute approximate surface area is 111 Å². The van der Waals surface area contributed by atoms with Gasteiger partial charge in [-0.1, -0.05) is 0 Å². The third-order valence-corrected chi connectivity index (χ3v) is 2.90. The summed E-state index contributed by atoms with van der Waals surface area (Å²) in [6, 6.07) is 8.22. The van der Waals surface area contributed by atoms with E-state index in [0.29, 0.717) is 6.61 Å². The minimum atomic E-state index is -0.0698. The molecule has 1 aromatic rings. The number of anilines is 1. The molecule has 0 aromatic heterocycles. The molecule has 1 rings (SSSR count). The van der Waals surface area contributed by atoms with Crippen LogP contribution in [0.3, 0.4) is 0 Å². The van der Waals surface area contributed by atoms with Crippen LogP contribution >= 0.6 is 0 Å². The fourth-order valence-corrected chi connectivity index (χ4v) is 1.86. The summed E-state index contributed by atoms with van der Waals surface area (Å²) in [7, 11) is 2.11. The smallest absolute Gasteiger partial charge is 0.119 e. The van der Waals surface area contributed by atoms with E-state index in [9.17, 15) is 0 Å². The van der Waals surface area contributed by atoms with Crippen LogP contribution in [0.5, 0.6) is 5.75 Å². The Bertz CT molecular complexity index is 341. The van der Waals surface area contributed by atoms with Gasteiger partial charge in [0, 0.05) is 24.8 Å². The van der Waals surface area contributed by atoms with Crippen molar-refractivity contribution in [3.63, 3.8) is 0 Å². The van der Waals surface area contributed by atoms with Gasteiger partial charge in [0.2, 0.25) is 0 Å². The van der Waals surface area contributed by atoms with Crippen LogP contribution in [0.15, 0.2) is 24.3 Å². The molecule has 0 bridgehead atoms. The van der Waals surface area contributed by atoms with Crippen molar-refractivity contribution in [3.8, 4) is 5.75 Å². The van der Waals surface area contributed by atoms with Gasteiger partial charge in [0.15, 0.2) is 0 Å². The van der Waals surface area contributed by atoms with Crippen molar-refractivity contribution in [1.82, 2.24) is 0 Å². The molecule has 0 spiro atoms. The van der Waals surface area contributed by atoms with E-state index in [2.05, 4.69) is 37.9 Å². The molecule has 0 saturated heterocycles. The van der Waals surface area contributed by atoms with Crippen molar-refractivity contribution in [3.05, 3.63) is 24.3 Å². The highest BCUT2D eigenvalue weighted by atomic mass is 16.5. The predicted octanol–water partition coefficient (Wildman–Crippen LogP) is 3.04. The monoisotopic (exact) mass is 250 g/mol. The number of hydrogen-bond acceptors (Lipinski definition) is 3. The summed E-state index contributed by atoms with van der Waals surface area (Å²) in [5.74, 6) is 0.928. The first-order chi connectivity index (χ1) is 8.42. The van der Waals surface area contributed by atoms with E-state index in [1.807, 2.05) is 19.1 Å². The second-order valence-corrected chi connectivity index (χ2v) is 5.44. The zero-order chi connectivity index (χ0) is 13.6. The Kier molecular flexibility index (Phi) is 5.48. The van der Waals surface area contributed by atoms with Crippen molar-refractivity contribution in [2.75, 3.05) is 25.1 Å². The maximum atomic E-state index is 5.98. The fourth-order valence-electron chi connectivity index (χ4n) is 1.86. The van der Waals surface area contributed by atoms with E-state index in [-0.39, 0.29) is 5.54 Å². The van der Waals surface area contributed by atoms with Gasteiger partial charge in [-0.15, -0.1) is 0 Å². The van der Waals surface area contributed by atoms with Crippen molar-refractivity contribution < 1.29 is 4.74 Å². The largest absolute Gasteiger partial charge is 0.494 e. The highest BCUT2D eigenvalue weighted by Gasteiger charge is 2.10. The van der Waals surface area contributed by atoms with E-state index in [1.165, 1.54) is 5.69 Å². The van der Waals surface area contributed by atoms with Gasteiger partial charge in [-0.25, -0.2) is 0 Å². The highest BCUT2D eigenvalue weighted by molar-refractivity contribution is 5.48. The number of nitrogens with two attached hydrogens (primary N) is 1. The van der Waals surface area contributed by atoms with Crippen molar-refractivity contribution in [1.29, 1.82) is 0 Å². The second kappa shape index (κ2) is 6.64. The molecule has 0 aliphatic carbocycles. The summed E-state index contributed by atoms with van der Waals surface area (Å²) in [6.07, 6.45) is 2.14. The van der Waals surface area contributed by atoms with Gasteiger partial charge < -0.3 is 15.4 Å². The minimum absolute atomic E-state index is 0.0698. The first kappa shape index (κ1) is 14.8. The van der Waals surface area contributed by atoms with Crippen LogP contribution in [-0.2, 0) is 0 Å². The van der Waals surface area contributed by atoms with Crippen molar-refractivity contribution in [2.45, 2.75) is 39.2 Å². The van der Waals surface area contributed by atoms with Crippen LogP contribution in [0, 0.1) is 0 Å². The third-order valence-electron chi connectivity index (χ3n) is 2.90. The number of nitrogens with zero attached hydrogens (tertiary/aromatic N) is 1.